The van der Waals surface area contributed by atoms with Crippen LogP contribution >= 0.6 is 0 Å². The van der Waals surface area contributed by atoms with Gasteiger partial charge in [0, 0.05) is 5.97 Å². The van der Waals surface area contributed by atoms with Gasteiger partial charge >= 0.3 is 23.1 Å². The number of rotatable bonds is 0. The first kappa shape index (κ1) is 8.97. The Kier molecular flexibility index (Phi) is 7.60. The molecule has 0 bridgehead atoms. The van der Waals surface area contributed by atoms with Crippen LogP contribution in [0.3, 0.4) is 0 Å². The molecule has 0 saturated heterocycles. The third kappa shape index (κ3) is 380. The average molecular weight is 83.3 g/mol. The van der Waals surface area contributed by atoms with Gasteiger partial charge in [-0.25, -0.2) is 0 Å². The van der Waals surface area contributed by atoms with Gasteiger partial charge in [0.1, 0.15) is 0 Å². The zero-order chi connectivity index (χ0) is 3.58. The fraction of sp³-hybridized carbons (Fsp3) is 0.500. The van der Waals surface area contributed by atoms with Gasteiger partial charge in [0.25, 0.3) is 0 Å². The molecule has 0 saturated carbocycles. The summed E-state index contributed by atoms with van der Waals surface area (Å²) in [6.45, 7) is 0.972. The molecule has 3 heteroatoms. The van der Waals surface area contributed by atoms with Crippen molar-refractivity contribution in [3.05, 3.63) is 0 Å². The van der Waals surface area contributed by atoms with Gasteiger partial charge in [-0.2, -0.15) is 0 Å². The monoisotopic (exact) mass is 83.0 g/mol. The van der Waals surface area contributed by atoms with Crippen LogP contribution in [0.4, 0.5) is 0 Å². The topological polar surface area (TPSA) is 40.1 Å². The second kappa shape index (κ2) is 4.24. The standard InChI is InChI=1S/C2H4O2.Mg/c1-2(3)4;/h1H3,(H,3,4);/q;+2/p-1. The Morgan fingerprint density at radius 3 is 1.80 bits per heavy atom. The van der Waals surface area contributed by atoms with Crippen LogP contribution in [-0.4, -0.2) is 29.0 Å². The molecule has 0 radical (unpaired) electrons. The molecule has 24 valence electrons. The van der Waals surface area contributed by atoms with E-state index in [1.165, 1.54) is 0 Å². The van der Waals surface area contributed by atoms with E-state index in [1.807, 2.05) is 0 Å². The van der Waals surface area contributed by atoms with Crippen LogP contribution < -0.4 is 5.11 Å². The maximum Gasteiger partial charge on any atom is 2.00 e. The Morgan fingerprint density at radius 2 is 1.80 bits per heavy atom. The molecule has 0 aliphatic heterocycles. The van der Waals surface area contributed by atoms with Crippen LogP contribution in [0.25, 0.3) is 0 Å². The SMILES string of the molecule is CC(=O)[O-].[Mg+2]. The van der Waals surface area contributed by atoms with Gasteiger partial charge in [-0.05, 0) is 6.92 Å². The van der Waals surface area contributed by atoms with Gasteiger partial charge in [0.2, 0.25) is 0 Å². The van der Waals surface area contributed by atoms with E-state index in [2.05, 4.69) is 0 Å². The smallest absolute Gasteiger partial charge is 0.550 e. The summed E-state index contributed by atoms with van der Waals surface area (Å²) in [4.78, 5) is 8.89. The van der Waals surface area contributed by atoms with Crippen LogP contribution in [0.5, 0.6) is 0 Å². The fourth-order valence-corrected chi connectivity index (χ4v) is 0. The summed E-state index contributed by atoms with van der Waals surface area (Å²) in [5.74, 6) is -1.08. The molecule has 0 aliphatic rings. The van der Waals surface area contributed by atoms with Crippen molar-refractivity contribution in [3.8, 4) is 0 Å². The second-order valence-corrected chi connectivity index (χ2v) is 0.492. The quantitative estimate of drug-likeness (QED) is 0.330. The molecule has 5 heavy (non-hydrogen) atoms. The first-order valence-electron chi connectivity index (χ1n) is 0.908. The van der Waals surface area contributed by atoms with E-state index in [9.17, 15) is 0 Å². The Labute approximate surface area is 46.3 Å². The predicted octanol–water partition coefficient (Wildman–Crippen LogP) is -1.62. The van der Waals surface area contributed by atoms with Crippen molar-refractivity contribution in [2.45, 2.75) is 6.92 Å². The van der Waals surface area contributed by atoms with E-state index in [0.29, 0.717) is 0 Å². The van der Waals surface area contributed by atoms with Crippen LogP contribution in [0, 0.1) is 0 Å². The van der Waals surface area contributed by atoms with Gasteiger partial charge in [0.15, 0.2) is 0 Å². The van der Waals surface area contributed by atoms with Crippen LogP contribution in [-0.2, 0) is 4.79 Å². The van der Waals surface area contributed by atoms with E-state index in [4.69, 9.17) is 9.90 Å². The van der Waals surface area contributed by atoms with E-state index >= 15 is 0 Å². The molecule has 0 unspecified atom stereocenters. The van der Waals surface area contributed by atoms with E-state index in [1.54, 1.807) is 0 Å². The number of carboxylic acids is 1. The molecule has 0 aromatic rings. The van der Waals surface area contributed by atoms with E-state index in [0.717, 1.165) is 6.92 Å². The van der Waals surface area contributed by atoms with Gasteiger partial charge in [-0.15, -0.1) is 0 Å². The predicted molar refractivity (Wildman–Crippen MR) is 16.4 cm³/mol. The third-order valence-corrected chi connectivity index (χ3v) is 0. The zero-order valence-corrected chi connectivity index (χ0v) is 4.44. The van der Waals surface area contributed by atoms with Gasteiger partial charge in [-0.3, -0.25) is 0 Å². The van der Waals surface area contributed by atoms with Crippen molar-refractivity contribution < 1.29 is 9.90 Å². The molecule has 0 aliphatic carbocycles. The average Bonchev–Trinajstić information content (AvgIpc) is 0.811. The minimum Gasteiger partial charge on any atom is -0.550 e. The van der Waals surface area contributed by atoms with Crippen molar-refractivity contribution in [3.63, 3.8) is 0 Å². The summed E-state index contributed by atoms with van der Waals surface area (Å²) in [5, 5.41) is 8.89. The Balaban J connectivity index is 0. The molecular formula is C2H3MgO2+. The van der Waals surface area contributed by atoms with E-state index < -0.39 is 5.97 Å². The van der Waals surface area contributed by atoms with Crippen LogP contribution in [0.1, 0.15) is 6.92 Å². The number of carbonyl (C=O) groups excluding carboxylic acids is 1. The Morgan fingerprint density at radius 1 is 1.80 bits per heavy atom. The molecule has 0 atom stereocenters. The summed E-state index contributed by atoms with van der Waals surface area (Å²) >= 11 is 0. The number of aliphatic carboxylic acids is 1. The molecule has 2 nitrogen and oxygen atoms in total. The Bertz CT molecular complexity index is 30.6. The van der Waals surface area contributed by atoms with Gasteiger partial charge < -0.3 is 9.90 Å². The summed E-state index contributed by atoms with van der Waals surface area (Å²) in [6, 6.07) is 0. The second-order valence-electron chi connectivity index (χ2n) is 0.492. The van der Waals surface area contributed by atoms with Gasteiger partial charge in [-0.1, -0.05) is 0 Å². The number of hydrogen-bond donors (Lipinski definition) is 0. The largest absolute Gasteiger partial charge is 2.00 e. The van der Waals surface area contributed by atoms with E-state index in [-0.39, 0.29) is 23.1 Å². The summed E-state index contributed by atoms with van der Waals surface area (Å²) in [5.41, 5.74) is 0. The minimum absolute atomic E-state index is 0. The van der Waals surface area contributed by atoms with Gasteiger partial charge in [0.05, 0.1) is 0 Å². The molecule has 0 aromatic carbocycles. The normalized spacial score (nSPS) is 5.00. The molecule has 0 rings (SSSR count). The summed E-state index contributed by atoms with van der Waals surface area (Å²) < 4.78 is 0. The molecule has 0 amide bonds. The number of carboxylic acid groups (broad SMARTS) is 1. The molecule has 0 N–H and O–H groups in total. The molecule has 0 spiro atoms. The van der Waals surface area contributed by atoms with Crippen molar-refractivity contribution >= 4 is 29.0 Å². The zero-order valence-electron chi connectivity index (χ0n) is 3.02. The number of hydrogen-bond acceptors (Lipinski definition) is 2. The maximum atomic E-state index is 8.89. The molecule has 0 heterocycles. The molecule has 0 aromatic heterocycles. The third-order valence-electron chi connectivity index (χ3n) is 0. The fourth-order valence-electron chi connectivity index (χ4n) is 0. The van der Waals surface area contributed by atoms with Crippen LogP contribution in [0.15, 0.2) is 0 Å². The first-order valence-corrected chi connectivity index (χ1v) is 0.908. The van der Waals surface area contributed by atoms with Crippen molar-refractivity contribution in [2.24, 2.45) is 0 Å². The van der Waals surface area contributed by atoms with Crippen molar-refractivity contribution in [1.82, 2.24) is 0 Å². The van der Waals surface area contributed by atoms with Crippen molar-refractivity contribution in [2.75, 3.05) is 0 Å². The minimum atomic E-state index is -1.08. The van der Waals surface area contributed by atoms with Crippen molar-refractivity contribution in [1.29, 1.82) is 0 Å². The molecule has 0 fully saturated rings. The maximum absolute atomic E-state index is 8.89. The Hall–Kier alpha value is 0.236. The first-order chi connectivity index (χ1) is 1.73. The summed E-state index contributed by atoms with van der Waals surface area (Å²) in [6.07, 6.45) is 0. The number of carbonyl (C=O) groups is 1. The van der Waals surface area contributed by atoms with Crippen LogP contribution in [0.2, 0.25) is 0 Å². The molecular weight excluding hydrogens is 80.3 g/mol. The summed E-state index contributed by atoms with van der Waals surface area (Å²) in [7, 11) is 0.